The van der Waals surface area contributed by atoms with E-state index in [0.29, 0.717) is 6.92 Å². The Morgan fingerprint density at radius 2 is 1.38 bits per heavy atom. The van der Waals surface area contributed by atoms with Crippen molar-refractivity contribution in [1.82, 2.24) is 0 Å². The summed E-state index contributed by atoms with van der Waals surface area (Å²) in [7, 11) is -5.14. The summed E-state index contributed by atoms with van der Waals surface area (Å²) in [6.07, 6.45) is -10.2. The Morgan fingerprint density at radius 1 is 0.938 bits per heavy atom. The second-order valence-electron chi connectivity index (χ2n) is 6.89. The number of ether oxygens (including phenoxy) is 2. The van der Waals surface area contributed by atoms with Gasteiger partial charge in [-0.25, -0.2) is 18.4 Å². The molecule has 0 radical (unpaired) electrons. The molecule has 0 amide bonds. The lowest BCUT2D eigenvalue weighted by Gasteiger charge is -2.21. The number of fused-ring (bicyclic) bond motifs is 1. The van der Waals surface area contributed by atoms with Crippen molar-refractivity contribution in [3.8, 4) is 0 Å². The van der Waals surface area contributed by atoms with Gasteiger partial charge in [0.05, 0.1) is 11.1 Å². The number of esters is 2. The Labute approximate surface area is 178 Å². The van der Waals surface area contributed by atoms with Crippen molar-refractivity contribution in [3.05, 3.63) is 47.5 Å². The molecule has 1 N–H and O–H groups in total. The van der Waals surface area contributed by atoms with Crippen molar-refractivity contribution >= 4 is 32.8 Å². The Morgan fingerprint density at radius 3 is 1.75 bits per heavy atom. The molecule has 176 valence electrons. The molecule has 0 saturated heterocycles. The van der Waals surface area contributed by atoms with Crippen LogP contribution < -0.4 is 0 Å². The van der Waals surface area contributed by atoms with Gasteiger partial charge in [-0.15, -0.1) is 0 Å². The van der Waals surface area contributed by atoms with Gasteiger partial charge in [-0.3, -0.25) is 4.55 Å². The third kappa shape index (κ3) is 6.36. The van der Waals surface area contributed by atoms with Crippen molar-refractivity contribution in [2.24, 2.45) is 0 Å². The highest BCUT2D eigenvalue weighted by Crippen LogP contribution is 2.29. The number of benzene rings is 2. The molecule has 32 heavy (non-hydrogen) atoms. The van der Waals surface area contributed by atoms with Crippen LogP contribution in [0.3, 0.4) is 0 Å². The fourth-order valence-electron chi connectivity index (χ4n) is 2.56. The van der Waals surface area contributed by atoms with E-state index < -0.39 is 57.7 Å². The SMILES string of the molecule is CC(OC(=O)c1ccc(C(=O)OC(CS(=O)(=O)O)C(F)(F)F)c2ccccc12)C(C)(F)F. The van der Waals surface area contributed by atoms with Gasteiger partial charge in [-0.1, -0.05) is 24.3 Å². The molecular formula is C19H17F5O7S. The molecule has 0 aliphatic carbocycles. The van der Waals surface area contributed by atoms with Crippen LogP contribution in [-0.4, -0.2) is 55.0 Å². The molecule has 0 spiro atoms. The number of halogens is 5. The van der Waals surface area contributed by atoms with Crippen molar-refractivity contribution in [3.63, 3.8) is 0 Å². The zero-order valence-electron chi connectivity index (χ0n) is 16.5. The topological polar surface area (TPSA) is 107 Å². The molecule has 2 atom stereocenters. The summed E-state index contributed by atoms with van der Waals surface area (Å²) in [5.41, 5.74) is -0.700. The minimum Gasteiger partial charge on any atom is -0.453 e. The smallest absolute Gasteiger partial charge is 0.426 e. The van der Waals surface area contributed by atoms with Gasteiger partial charge in [-0.05, 0) is 29.8 Å². The largest absolute Gasteiger partial charge is 0.453 e. The van der Waals surface area contributed by atoms with Crippen molar-refractivity contribution < 1.29 is 54.0 Å². The minimum absolute atomic E-state index is 0.00286. The number of rotatable bonds is 7. The van der Waals surface area contributed by atoms with Crippen molar-refractivity contribution in [2.75, 3.05) is 5.75 Å². The third-order valence-corrected chi connectivity index (χ3v) is 5.06. The van der Waals surface area contributed by atoms with E-state index in [1.807, 2.05) is 0 Å². The summed E-state index contributed by atoms with van der Waals surface area (Å²) in [6, 6.07) is 7.26. The molecule has 2 rings (SSSR count). The van der Waals surface area contributed by atoms with Gasteiger partial charge in [0.15, 0.2) is 6.10 Å². The molecule has 2 aromatic carbocycles. The van der Waals surface area contributed by atoms with Gasteiger partial charge in [0.1, 0.15) is 5.75 Å². The van der Waals surface area contributed by atoms with E-state index in [-0.39, 0.29) is 16.3 Å². The van der Waals surface area contributed by atoms with Gasteiger partial charge >= 0.3 is 18.1 Å². The van der Waals surface area contributed by atoms with E-state index in [1.54, 1.807) is 0 Å². The number of hydrogen-bond acceptors (Lipinski definition) is 6. The second-order valence-corrected chi connectivity index (χ2v) is 8.39. The molecule has 0 aliphatic rings. The van der Waals surface area contributed by atoms with Crippen LogP contribution in [0.2, 0.25) is 0 Å². The lowest BCUT2D eigenvalue weighted by Crippen LogP contribution is -2.39. The van der Waals surface area contributed by atoms with Crippen molar-refractivity contribution in [1.29, 1.82) is 0 Å². The van der Waals surface area contributed by atoms with Crippen LogP contribution >= 0.6 is 0 Å². The molecule has 7 nitrogen and oxygen atoms in total. The summed E-state index contributed by atoms with van der Waals surface area (Å²) in [4.78, 5) is 24.7. The average molecular weight is 484 g/mol. The zero-order chi connectivity index (χ0) is 24.5. The summed E-state index contributed by atoms with van der Waals surface area (Å²) in [5.74, 6) is -7.99. The summed E-state index contributed by atoms with van der Waals surface area (Å²) in [6.45, 7) is 1.52. The maximum Gasteiger partial charge on any atom is 0.426 e. The highest BCUT2D eigenvalue weighted by atomic mass is 32.2. The molecule has 0 fully saturated rings. The first-order valence-corrected chi connectivity index (χ1v) is 10.4. The second kappa shape index (κ2) is 8.98. The van der Waals surface area contributed by atoms with Gasteiger partial charge < -0.3 is 9.47 Å². The number of carbonyl (C=O) groups excluding carboxylic acids is 2. The lowest BCUT2D eigenvalue weighted by atomic mass is 9.99. The van der Waals surface area contributed by atoms with E-state index >= 15 is 0 Å². The van der Waals surface area contributed by atoms with E-state index in [0.717, 1.165) is 19.1 Å². The molecule has 13 heteroatoms. The normalized spacial score (nSPS) is 14.6. The van der Waals surface area contributed by atoms with Crippen LogP contribution in [0.15, 0.2) is 36.4 Å². The number of carbonyl (C=O) groups is 2. The first-order chi connectivity index (χ1) is 14.5. The first kappa shape index (κ1) is 25.5. The molecule has 0 aromatic heterocycles. The fraction of sp³-hybridized carbons (Fsp3) is 0.368. The van der Waals surface area contributed by atoms with Crippen LogP contribution in [0.5, 0.6) is 0 Å². The maximum absolute atomic E-state index is 13.3. The fourth-order valence-corrected chi connectivity index (χ4v) is 3.20. The minimum atomic E-state index is -5.30. The van der Waals surface area contributed by atoms with Crippen LogP contribution in [-0.2, 0) is 19.6 Å². The summed E-state index contributed by atoms with van der Waals surface area (Å²) < 4.78 is 105. The predicted molar refractivity (Wildman–Crippen MR) is 101 cm³/mol. The summed E-state index contributed by atoms with van der Waals surface area (Å²) >= 11 is 0. The summed E-state index contributed by atoms with van der Waals surface area (Å²) in [5, 5.41) is -0.0763. The highest BCUT2D eigenvalue weighted by molar-refractivity contribution is 7.85. The zero-order valence-corrected chi connectivity index (χ0v) is 17.3. The number of alkyl halides is 5. The maximum atomic E-state index is 13.3. The number of hydrogen-bond donors (Lipinski definition) is 1. The van der Waals surface area contributed by atoms with Crippen molar-refractivity contribution in [2.45, 2.75) is 38.2 Å². The lowest BCUT2D eigenvalue weighted by molar-refractivity contribution is -0.197. The molecule has 0 saturated carbocycles. The van der Waals surface area contributed by atoms with E-state index in [9.17, 15) is 40.0 Å². The average Bonchev–Trinajstić information content (AvgIpc) is 2.63. The van der Waals surface area contributed by atoms with Gasteiger partial charge in [0.2, 0.25) is 6.10 Å². The first-order valence-electron chi connectivity index (χ1n) is 8.84. The van der Waals surface area contributed by atoms with Crippen LogP contribution in [0.1, 0.15) is 34.6 Å². The highest BCUT2D eigenvalue weighted by Gasteiger charge is 2.45. The Hall–Kier alpha value is -2.80. The third-order valence-electron chi connectivity index (χ3n) is 4.34. The van der Waals surface area contributed by atoms with Gasteiger partial charge in [-0.2, -0.15) is 21.6 Å². The van der Waals surface area contributed by atoms with E-state index in [1.165, 1.54) is 24.3 Å². The molecule has 0 aliphatic heterocycles. The predicted octanol–water partition coefficient (Wildman–Crippen LogP) is 4.02. The van der Waals surface area contributed by atoms with Crippen LogP contribution in [0.4, 0.5) is 22.0 Å². The molecule has 2 unspecified atom stereocenters. The van der Waals surface area contributed by atoms with Gasteiger partial charge in [0.25, 0.3) is 16.0 Å². The standard InChI is InChI=1S/C19H17F5O7S/c1-10(18(2,20)21)30-16(25)13-7-8-14(12-6-4-3-5-11(12)13)17(26)31-15(19(22,23)24)9-32(27,28)29/h3-8,10,15H,9H2,1-2H3,(H,27,28,29). The van der Waals surface area contributed by atoms with Crippen LogP contribution in [0, 0.1) is 0 Å². The van der Waals surface area contributed by atoms with E-state index in [4.69, 9.17) is 9.29 Å². The van der Waals surface area contributed by atoms with Crippen LogP contribution in [0.25, 0.3) is 10.8 Å². The monoisotopic (exact) mass is 484 g/mol. The molecule has 0 heterocycles. The quantitative estimate of drug-likeness (QED) is 0.359. The van der Waals surface area contributed by atoms with Gasteiger partial charge in [0, 0.05) is 6.92 Å². The van der Waals surface area contributed by atoms with E-state index in [2.05, 4.69) is 4.74 Å². The Kier molecular flexibility index (Phi) is 7.15. The molecular weight excluding hydrogens is 467 g/mol. The Bertz CT molecular complexity index is 1120. The molecule has 0 bridgehead atoms. The molecule has 2 aromatic rings. The Balaban J connectivity index is 2.43.